The van der Waals surface area contributed by atoms with E-state index in [1.165, 1.54) is 18.2 Å². The van der Waals surface area contributed by atoms with Crippen molar-refractivity contribution in [2.24, 2.45) is 0 Å². The second-order valence-corrected chi connectivity index (χ2v) is 5.31. The molecule has 2 aromatic heterocycles. The first-order valence-corrected chi connectivity index (χ1v) is 7.06. The van der Waals surface area contributed by atoms with Gasteiger partial charge in [-0.15, -0.1) is 0 Å². The van der Waals surface area contributed by atoms with Gasteiger partial charge in [-0.2, -0.15) is 0 Å². The third-order valence-electron chi connectivity index (χ3n) is 2.87. The number of benzene rings is 1. The minimum Gasteiger partial charge on any atom is -0.355 e. The maximum atomic E-state index is 13.7. The predicted octanol–water partition coefficient (Wildman–Crippen LogP) is 3.89. The lowest BCUT2D eigenvalue weighted by Crippen LogP contribution is -2.13. The Morgan fingerprint density at radius 1 is 1.27 bits per heavy atom. The van der Waals surface area contributed by atoms with E-state index in [1.807, 2.05) is 0 Å². The Balaban J connectivity index is 1.80. The molecule has 0 saturated heterocycles. The highest BCUT2D eigenvalue weighted by Crippen LogP contribution is 2.22. The van der Waals surface area contributed by atoms with Gasteiger partial charge in [0.2, 0.25) is 0 Å². The maximum Gasteiger partial charge on any atom is 0.277 e. The number of amides is 1. The summed E-state index contributed by atoms with van der Waals surface area (Å²) >= 11 is 3.15. The quantitative estimate of drug-likeness (QED) is 0.768. The molecule has 0 saturated carbocycles. The van der Waals surface area contributed by atoms with E-state index in [0.717, 1.165) is 0 Å². The average molecular weight is 362 g/mol. The standard InChI is InChI=1S/C15H9BrFN3O2/c16-10-3-4-12(11(17)6-10)19-15(21)13-7-14(22-20-13)9-2-1-5-18-8-9/h1-8H,(H,19,21). The Morgan fingerprint density at radius 2 is 2.14 bits per heavy atom. The summed E-state index contributed by atoms with van der Waals surface area (Å²) in [6, 6.07) is 9.35. The molecule has 5 nitrogen and oxygen atoms in total. The van der Waals surface area contributed by atoms with Crippen LogP contribution in [0.1, 0.15) is 10.5 Å². The highest BCUT2D eigenvalue weighted by atomic mass is 79.9. The molecule has 1 N–H and O–H groups in total. The molecule has 3 rings (SSSR count). The third kappa shape index (κ3) is 3.04. The molecule has 110 valence electrons. The summed E-state index contributed by atoms with van der Waals surface area (Å²) in [7, 11) is 0. The molecule has 3 aromatic rings. The molecule has 0 fully saturated rings. The van der Waals surface area contributed by atoms with E-state index in [4.69, 9.17) is 4.52 Å². The highest BCUT2D eigenvalue weighted by Gasteiger charge is 2.15. The number of carbonyl (C=O) groups is 1. The van der Waals surface area contributed by atoms with Gasteiger partial charge >= 0.3 is 0 Å². The van der Waals surface area contributed by atoms with Gasteiger partial charge in [0.05, 0.1) is 5.69 Å². The number of anilines is 1. The third-order valence-corrected chi connectivity index (χ3v) is 3.36. The van der Waals surface area contributed by atoms with Crippen LogP contribution in [-0.2, 0) is 0 Å². The minimum atomic E-state index is -0.555. The van der Waals surface area contributed by atoms with Gasteiger partial charge in [0, 0.05) is 28.5 Å². The summed E-state index contributed by atoms with van der Waals surface area (Å²) in [4.78, 5) is 16.0. The number of nitrogens with zero attached hydrogens (tertiary/aromatic N) is 2. The van der Waals surface area contributed by atoms with E-state index in [2.05, 4.69) is 31.4 Å². The number of hydrogen-bond acceptors (Lipinski definition) is 4. The van der Waals surface area contributed by atoms with Gasteiger partial charge in [0.25, 0.3) is 5.91 Å². The molecule has 0 bridgehead atoms. The van der Waals surface area contributed by atoms with Crippen molar-refractivity contribution in [2.75, 3.05) is 5.32 Å². The van der Waals surface area contributed by atoms with Gasteiger partial charge in [-0.1, -0.05) is 21.1 Å². The summed E-state index contributed by atoms with van der Waals surface area (Å²) in [6.07, 6.45) is 3.22. The molecule has 0 radical (unpaired) electrons. The largest absolute Gasteiger partial charge is 0.355 e. The molecule has 1 amide bonds. The Morgan fingerprint density at radius 3 is 2.86 bits per heavy atom. The van der Waals surface area contributed by atoms with Crippen molar-refractivity contribution in [3.8, 4) is 11.3 Å². The van der Waals surface area contributed by atoms with E-state index >= 15 is 0 Å². The fraction of sp³-hybridized carbons (Fsp3) is 0. The van der Waals surface area contributed by atoms with Crippen LogP contribution in [0.4, 0.5) is 10.1 Å². The normalized spacial score (nSPS) is 10.5. The van der Waals surface area contributed by atoms with Crippen LogP contribution in [0.15, 0.2) is 57.8 Å². The average Bonchev–Trinajstić information content (AvgIpc) is 3.01. The number of pyridine rings is 1. The molecule has 0 atom stereocenters. The number of halogens is 2. The Hall–Kier alpha value is -2.54. The summed E-state index contributed by atoms with van der Waals surface area (Å²) in [5.41, 5.74) is 0.823. The fourth-order valence-electron chi connectivity index (χ4n) is 1.80. The number of hydrogen-bond donors (Lipinski definition) is 1. The maximum absolute atomic E-state index is 13.7. The molecule has 7 heteroatoms. The van der Waals surface area contributed by atoms with Crippen LogP contribution >= 0.6 is 15.9 Å². The first-order valence-electron chi connectivity index (χ1n) is 6.27. The van der Waals surface area contributed by atoms with Crippen molar-refractivity contribution in [2.45, 2.75) is 0 Å². The van der Waals surface area contributed by atoms with Crippen LogP contribution < -0.4 is 5.32 Å². The Kier molecular flexibility index (Phi) is 3.97. The SMILES string of the molecule is O=C(Nc1ccc(Br)cc1F)c1cc(-c2cccnc2)on1. The van der Waals surface area contributed by atoms with Crippen LogP contribution in [0.5, 0.6) is 0 Å². The molecule has 1 aromatic carbocycles. The lowest BCUT2D eigenvalue weighted by atomic mass is 10.2. The van der Waals surface area contributed by atoms with Crippen molar-refractivity contribution in [3.05, 3.63) is 64.8 Å². The van der Waals surface area contributed by atoms with E-state index in [9.17, 15) is 9.18 Å². The van der Waals surface area contributed by atoms with Crippen LogP contribution in [-0.4, -0.2) is 16.0 Å². The van der Waals surface area contributed by atoms with Crippen LogP contribution in [0, 0.1) is 5.82 Å². The fourth-order valence-corrected chi connectivity index (χ4v) is 2.14. The Bertz CT molecular complexity index is 821. The number of carbonyl (C=O) groups excluding carboxylic acids is 1. The molecule has 0 aliphatic rings. The van der Waals surface area contributed by atoms with Crippen molar-refractivity contribution >= 4 is 27.5 Å². The zero-order valence-electron chi connectivity index (χ0n) is 11.1. The second-order valence-electron chi connectivity index (χ2n) is 4.40. The summed E-state index contributed by atoms with van der Waals surface area (Å²) in [5.74, 6) is -0.687. The highest BCUT2D eigenvalue weighted by molar-refractivity contribution is 9.10. The molecule has 0 aliphatic carbocycles. The molecular weight excluding hydrogens is 353 g/mol. The zero-order chi connectivity index (χ0) is 15.5. The topological polar surface area (TPSA) is 68.0 Å². The summed E-state index contributed by atoms with van der Waals surface area (Å²) in [6.45, 7) is 0. The van der Waals surface area contributed by atoms with Crippen LogP contribution in [0.2, 0.25) is 0 Å². The summed E-state index contributed by atoms with van der Waals surface area (Å²) in [5, 5.41) is 6.13. The number of nitrogens with one attached hydrogen (secondary N) is 1. The first-order chi connectivity index (χ1) is 10.6. The molecular formula is C15H9BrFN3O2. The van der Waals surface area contributed by atoms with Gasteiger partial charge in [0.1, 0.15) is 5.82 Å². The Labute approximate surface area is 133 Å². The number of rotatable bonds is 3. The van der Waals surface area contributed by atoms with Crippen LogP contribution in [0.25, 0.3) is 11.3 Å². The lowest BCUT2D eigenvalue weighted by molar-refractivity contribution is 0.101. The molecule has 0 aliphatic heterocycles. The summed E-state index contributed by atoms with van der Waals surface area (Å²) < 4.78 is 19.4. The first kappa shape index (κ1) is 14.4. The van der Waals surface area contributed by atoms with Crippen LogP contribution in [0.3, 0.4) is 0 Å². The van der Waals surface area contributed by atoms with Gasteiger partial charge in [-0.3, -0.25) is 9.78 Å². The van der Waals surface area contributed by atoms with E-state index in [0.29, 0.717) is 15.8 Å². The van der Waals surface area contributed by atoms with Gasteiger partial charge in [-0.05, 0) is 30.3 Å². The van der Waals surface area contributed by atoms with Gasteiger partial charge < -0.3 is 9.84 Å². The van der Waals surface area contributed by atoms with Gasteiger partial charge in [-0.25, -0.2) is 4.39 Å². The van der Waals surface area contributed by atoms with Crippen molar-refractivity contribution in [1.29, 1.82) is 0 Å². The van der Waals surface area contributed by atoms with Gasteiger partial charge in [0.15, 0.2) is 11.5 Å². The monoisotopic (exact) mass is 361 g/mol. The predicted molar refractivity (Wildman–Crippen MR) is 81.8 cm³/mol. The zero-order valence-corrected chi connectivity index (χ0v) is 12.7. The molecule has 0 unspecified atom stereocenters. The lowest BCUT2D eigenvalue weighted by Gasteiger charge is -2.04. The van der Waals surface area contributed by atoms with Crippen molar-refractivity contribution in [1.82, 2.24) is 10.1 Å². The minimum absolute atomic E-state index is 0.0566. The molecule has 2 heterocycles. The van der Waals surface area contributed by atoms with Crippen molar-refractivity contribution < 1.29 is 13.7 Å². The van der Waals surface area contributed by atoms with E-state index in [1.54, 1.807) is 30.6 Å². The molecule has 0 spiro atoms. The van der Waals surface area contributed by atoms with Crippen molar-refractivity contribution in [3.63, 3.8) is 0 Å². The smallest absolute Gasteiger partial charge is 0.277 e. The molecule has 22 heavy (non-hydrogen) atoms. The van der Waals surface area contributed by atoms with E-state index in [-0.39, 0.29) is 11.4 Å². The van der Waals surface area contributed by atoms with E-state index < -0.39 is 11.7 Å². The number of aromatic nitrogens is 2. The second kappa shape index (κ2) is 6.07.